The van der Waals surface area contributed by atoms with Crippen LogP contribution in [0.15, 0.2) is 53.4 Å². The summed E-state index contributed by atoms with van der Waals surface area (Å²) in [6.45, 7) is 5.28. The first-order valence-electron chi connectivity index (χ1n) is 9.66. The Morgan fingerprint density at radius 2 is 1.47 bits per heavy atom. The number of sulfonamides is 1. The monoisotopic (exact) mass is 431 g/mol. The molecule has 1 unspecified atom stereocenters. The molecule has 0 aromatic heterocycles. The third-order valence-electron chi connectivity index (χ3n) is 4.97. The fourth-order valence-corrected chi connectivity index (χ4v) is 4.06. The second-order valence-electron chi connectivity index (χ2n) is 7.37. The number of carbonyl (C=O) groups excluding carboxylic acids is 2. The Hall–Kier alpha value is -2.71. The van der Waals surface area contributed by atoms with Gasteiger partial charge in [-0.2, -0.15) is 4.31 Å². The normalized spacial score (nSPS) is 12.5. The number of hydrogen-bond acceptors (Lipinski definition) is 4. The molecule has 2 rings (SSSR count). The topological polar surface area (TPSA) is 86.8 Å². The van der Waals surface area contributed by atoms with Crippen LogP contribution >= 0.6 is 0 Å². The number of carbonyl (C=O) groups is 2. The molecular weight excluding hydrogens is 402 g/mol. The van der Waals surface area contributed by atoms with Gasteiger partial charge in [-0.15, -0.1) is 0 Å². The highest BCUT2D eigenvalue weighted by Crippen LogP contribution is 2.17. The van der Waals surface area contributed by atoms with Crippen LogP contribution in [0.5, 0.6) is 0 Å². The lowest BCUT2D eigenvalue weighted by atomic mass is 10.1. The standard InChI is InChI=1S/C22H29N3O4S/c1-16-6-10-19(11-7-16)14-25(18(3)22(27)23-4)21(26)15-24(5)30(28,29)20-12-8-17(2)9-13-20/h6-13,18H,14-15H2,1-5H3,(H,23,27). The molecule has 0 saturated heterocycles. The molecule has 0 heterocycles. The van der Waals surface area contributed by atoms with Gasteiger partial charge in [0, 0.05) is 20.6 Å². The van der Waals surface area contributed by atoms with Crippen molar-refractivity contribution in [3.63, 3.8) is 0 Å². The number of rotatable bonds is 8. The maximum absolute atomic E-state index is 13.1. The molecule has 30 heavy (non-hydrogen) atoms. The number of hydrogen-bond donors (Lipinski definition) is 1. The van der Waals surface area contributed by atoms with E-state index in [4.69, 9.17) is 0 Å². The van der Waals surface area contributed by atoms with Crippen LogP contribution in [0.1, 0.15) is 23.6 Å². The van der Waals surface area contributed by atoms with E-state index < -0.39 is 22.0 Å². The van der Waals surface area contributed by atoms with E-state index in [1.54, 1.807) is 19.1 Å². The molecule has 1 N–H and O–H groups in total. The Balaban J connectivity index is 2.24. The highest BCUT2D eigenvalue weighted by atomic mass is 32.2. The number of nitrogens with one attached hydrogen (secondary N) is 1. The minimum Gasteiger partial charge on any atom is -0.357 e. The summed E-state index contributed by atoms with van der Waals surface area (Å²) in [5.74, 6) is -0.774. The van der Waals surface area contributed by atoms with Crippen LogP contribution in [0.3, 0.4) is 0 Å². The zero-order chi connectivity index (χ0) is 22.5. The van der Waals surface area contributed by atoms with E-state index in [1.165, 1.54) is 31.1 Å². The van der Waals surface area contributed by atoms with Gasteiger partial charge in [-0.1, -0.05) is 47.5 Å². The van der Waals surface area contributed by atoms with Crippen LogP contribution in [0.2, 0.25) is 0 Å². The van der Waals surface area contributed by atoms with Crippen molar-refractivity contribution >= 4 is 21.8 Å². The van der Waals surface area contributed by atoms with Gasteiger partial charge in [0.05, 0.1) is 11.4 Å². The number of benzene rings is 2. The number of amides is 2. The molecule has 0 aliphatic carbocycles. The average Bonchev–Trinajstić information content (AvgIpc) is 2.72. The molecule has 0 aliphatic rings. The average molecular weight is 432 g/mol. The first-order chi connectivity index (χ1) is 14.1. The lowest BCUT2D eigenvalue weighted by Crippen LogP contribution is -2.50. The summed E-state index contributed by atoms with van der Waals surface area (Å²) >= 11 is 0. The first kappa shape index (κ1) is 23.6. The summed E-state index contributed by atoms with van der Waals surface area (Å²) in [6.07, 6.45) is 0. The van der Waals surface area contributed by atoms with E-state index in [9.17, 15) is 18.0 Å². The maximum Gasteiger partial charge on any atom is 0.243 e. The smallest absolute Gasteiger partial charge is 0.243 e. The van der Waals surface area contributed by atoms with Gasteiger partial charge in [0.2, 0.25) is 21.8 Å². The number of aryl methyl sites for hydroxylation is 2. The molecule has 0 aliphatic heterocycles. The summed E-state index contributed by atoms with van der Waals surface area (Å²) in [5.41, 5.74) is 2.88. The van der Waals surface area contributed by atoms with Crippen molar-refractivity contribution in [3.8, 4) is 0 Å². The minimum absolute atomic E-state index is 0.118. The SMILES string of the molecule is CNC(=O)C(C)N(Cc1ccc(C)cc1)C(=O)CN(C)S(=O)(=O)c1ccc(C)cc1. The zero-order valence-electron chi connectivity index (χ0n) is 18.0. The summed E-state index contributed by atoms with van der Waals surface area (Å²) in [7, 11) is -0.965. The lowest BCUT2D eigenvalue weighted by molar-refractivity contribution is -0.140. The lowest BCUT2D eigenvalue weighted by Gasteiger charge is -2.30. The molecule has 8 heteroatoms. The molecule has 7 nitrogen and oxygen atoms in total. The molecular formula is C22H29N3O4S. The molecule has 0 saturated carbocycles. The summed E-state index contributed by atoms with van der Waals surface area (Å²) < 4.78 is 26.7. The van der Waals surface area contributed by atoms with Gasteiger partial charge in [0.25, 0.3) is 0 Å². The van der Waals surface area contributed by atoms with Crippen LogP contribution in [0.25, 0.3) is 0 Å². The van der Waals surface area contributed by atoms with Crippen molar-refractivity contribution in [2.45, 2.75) is 38.3 Å². The Kier molecular flexibility index (Phi) is 7.75. The molecule has 0 radical (unpaired) electrons. The Morgan fingerprint density at radius 3 is 1.97 bits per heavy atom. The van der Waals surface area contributed by atoms with Gasteiger partial charge in [0.1, 0.15) is 6.04 Å². The molecule has 0 spiro atoms. The van der Waals surface area contributed by atoms with Gasteiger partial charge in [-0.3, -0.25) is 9.59 Å². The van der Waals surface area contributed by atoms with Crippen molar-refractivity contribution in [3.05, 3.63) is 65.2 Å². The summed E-state index contributed by atoms with van der Waals surface area (Å²) in [5, 5.41) is 2.54. The molecule has 0 fully saturated rings. The van der Waals surface area contributed by atoms with Crippen LogP contribution < -0.4 is 5.32 Å². The van der Waals surface area contributed by atoms with E-state index in [0.29, 0.717) is 0 Å². The van der Waals surface area contributed by atoms with E-state index in [1.807, 2.05) is 38.1 Å². The first-order valence-corrected chi connectivity index (χ1v) is 11.1. The summed E-state index contributed by atoms with van der Waals surface area (Å²) in [6, 6.07) is 13.3. The predicted octanol–water partition coefficient (Wildman–Crippen LogP) is 2.09. The van der Waals surface area contributed by atoms with Crippen molar-refractivity contribution in [1.82, 2.24) is 14.5 Å². The quantitative estimate of drug-likeness (QED) is 0.693. The van der Waals surface area contributed by atoms with Gasteiger partial charge in [-0.05, 0) is 38.5 Å². The Bertz CT molecular complexity index is 986. The molecule has 2 aromatic carbocycles. The maximum atomic E-state index is 13.1. The summed E-state index contributed by atoms with van der Waals surface area (Å²) in [4.78, 5) is 26.8. The second kappa shape index (κ2) is 9.86. The minimum atomic E-state index is -3.83. The van der Waals surface area contributed by atoms with E-state index in [2.05, 4.69) is 5.32 Å². The molecule has 2 aromatic rings. The fraction of sp³-hybridized carbons (Fsp3) is 0.364. The van der Waals surface area contributed by atoms with Gasteiger partial charge in [-0.25, -0.2) is 8.42 Å². The zero-order valence-corrected chi connectivity index (χ0v) is 18.9. The highest BCUT2D eigenvalue weighted by molar-refractivity contribution is 7.89. The van der Waals surface area contributed by atoms with E-state index in [-0.39, 0.29) is 23.9 Å². The Labute approximate surface area is 178 Å². The predicted molar refractivity (Wildman–Crippen MR) is 116 cm³/mol. The third-order valence-corrected chi connectivity index (χ3v) is 6.79. The van der Waals surface area contributed by atoms with Crippen molar-refractivity contribution < 1.29 is 18.0 Å². The number of likely N-dealkylation sites (N-methyl/N-ethyl adjacent to an activating group) is 2. The van der Waals surface area contributed by atoms with Crippen LogP contribution in [-0.2, 0) is 26.2 Å². The van der Waals surface area contributed by atoms with E-state index in [0.717, 1.165) is 21.0 Å². The fourth-order valence-electron chi connectivity index (χ4n) is 2.94. The van der Waals surface area contributed by atoms with Crippen LogP contribution in [0, 0.1) is 13.8 Å². The molecule has 2 amide bonds. The third kappa shape index (κ3) is 5.67. The molecule has 1 atom stereocenters. The Morgan fingerprint density at radius 1 is 0.967 bits per heavy atom. The highest BCUT2D eigenvalue weighted by Gasteiger charge is 2.29. The molecule has 0 bridgehead atoms. The van der Waals surface area contributed by atoms with Crippen molar-refractivity contribution in [2.24, 2.45) is 0 Å². The largest absolute Gasteiger partial charge is 0.357 e. The van der Waals surface area contributed by atoms with Crippen molar-refractivity contribution in [2.75, 3.05) is 20.6 Å². The number of nitrogens with zero attached hydrogens (tertiary/aromatic N) is 2. The van der Waals surface area contributed by atoms with Crippen LogP contribution in [-0.4, -0.2) is 56.1 Å². The van der Waals surface area contributed by atoms with E-state index >= 15 is 0 Å². The van der Waals surface area contributed by atoms with Gasteiger partial charge >= 0.3 is 0 Å². The van der Waals surface area contributed by atoms with Crippen molar-refractivity contribution in [1.29, 1.82) is 0 Å². The van der Waals surface area contributed by atoms with Crippen LogP contribution in [0.4, 0.5) is 0 Å². The van der Waals surface area contributed by atoms with Gasteiger partial charge < -0.3 is 10.2 Å². The molecule has 162 valence electrons. The second-order valence-corrected chi connectivity index (χ2v) is 9.42. The van der Waals surface area contributed by atoms with Gasteiger partial charge in [0.15, 0.2) is 0 Å².